The summed E-state index contributed by atoms with van der Waals surface area (Å²) in [6, 6.07) is 11.5. The first kappa shape index (κ1) is 24.5. The SMILES string of the molecule is Cc1cnc2c(S(N)(=O)=O)cc(Cc3cc(C(=O)NCc4cc5c(C)c[nH]c5cc4F)ccn3)cc2c1. The predicted octanol–water partition coefficient (Wildman–Crippen LogP) is 4.04. The van der Waals surface area contributed by atoms with Gasteiger partial charge in [-0.2, -0.15) is 0 Å². The van der Waals surface area contributed by atoms with E-state index in [4.69, 9.17) is 5.14 Å². The van der Waals surface area contributed by atoms with Crippen LogP contribution in [0.25, 0.3) is 21.8 Å². The molecule has 0 aliphatic rings. The van der Waals surface area contributed by atoms with Crippen LogP contribution < -0.4 is 10.5 Å². The minimum Gasteiger partial charge on any atom is -0.361 e. The summed E-state index contributed by atoms with van der Waals surface area (Å²) in [6.45, 7) is 3.82. The minimum atomic E-state index is -4.01. The molecule has 4 N–H and O–H groups in total. The number of halogens is 1. The molecule has 0 atom stereocenters. The van der Waals surface area contributed by atoms with Gasteiger partial charge in [0.25, 0.3) is 5.91 Å². The molecule has 5 aromatic rings. The molecule has 0 saturated carbocycles. The van der Waals surface area contributed by atoms with Gasteiger partial charge in [-0.3, -0.25) is 14.8 Å². The molecule has 8 nitrogen and oxygen atoms in total. The van der Waals surface area contributed by atoms with Crippen molar-refractivity contribution in [1.29, 1.82) is 0 Å². The maximum atomic E-state index is 14.5. The summed E-state index contributed by atoms with van der Waals surface area (Å²) < 4.78 is 38.9. The molecule has 3 heterocycles. The first-order valence-corrected chi connectivity index (χ1v) is 13.0. The van der Waals surface area contributed by atoms with Gasteiger partial charge in [0.15, 0.2) is 0 Å². The van der Waals surface area contributed by atoms with Crippen molar-refractivity contribution in [2.24, 2.45) is 5.14 Å². The molecule has 0 radical (unpaired) electrons. The highest BCUT2D eigenvalue weighted by atomic mass is 32.2. The lowest BCUT2D eigenvalue weighted by Crippen LogP contribution is -2.23. The molecular weight excluding hydrogens is 493 g/mol. The maximum absolute atomic E-state index is 14.5. The number of carbonyl (C=O) groups excluding carboxylic acids is 1. The lowest BCUT2D eigenvalue weighted by Gasteiger charge is -2.10. The van der Waals surface area contributed by atoms with Crippen molar-refractivity contribution in [3.63, 3.8) is 0 Å². The van der Waals surface area contributed by atoms with Gasteiger partial charge in [-0.05, 0) is 73.0 Å². The number of nitrogens with zero attached hydrogens (tertiary/aromatic N) is 2. The number of sulfonamides is 1. The number of hydrogen-bond acceptors (Lipinski definition) is 5. The number of fused-ring (bicyclic) bond motifs is 2. The summed E-state index contributed by atoms with van der Waals surface area (Å²) in [6.07, 6.45) is 5.17. The molecule has 5 rings (SSSR count). The zero-order valence-electron chi connectivity index (χ0n) is 20.2. The maximum Gasteiger partial charge on any atom is 0.251 e. The van der Waals surface area contributed by atoms with Crippen LogP contribution in [0.2, 0.25) is 0 Å². The number of aromatic amines is 1. The Balaban J connectivity index is 1.38. The van der Waals surface area contributed by atoms with E-state index in [2.05, 4.69) is 20.3 Å². The highest BCUT2D eigenvalue weighted by molar-refractivity contribution is 7.89. The van der Waals surface area contributed by atoms with E-state index in [-0.39, 0.29) is 23.8 Å². The van der Waals surface area contributed by atoms with Crippen LogP contribution in [0.4, 0.5) is 4.39 Å². The quantitative estimate of drug-likeness (QED) is 0.313. The van der Waals surface area contributed by atoms with Gasteiger partial charge in [-0.25, -0.2) is 17.9 Å². The summed E-state index contributed by atoms with van der Waals surface area (Å²) in [5.41, 5.74) is 4.83. The fraction of sp³-hybridized carbons (Fsp3) is 0.148. The Labute approximate surface area is 212 Å². The van der Waals surface area contributed by atoms with E-state index >= 15 is 0 Å². The van der Waals surface area contributed by atoms with Crippen molar-refractivity contribution in [2.75, 3.05) is 0 Å². The van der Waals surface area contributed by atoms with Gasteiger partial charge < -0.3 is 10.3 Å². The summed E-state index contributed by atoms with van der Waals surface area (Å²) in [4.78, 5) is 24.4. The number of amides is 1. The minimum absolute atomic E-state index is 0.0254. The van der Waals surface area contributed by atoms with Crippen molar-refractivity contribution >= 4 is 37.7 Å². The average Bonchev–Trinajstić information content (AvgIpc) is 3.20. The number of nitrogens with two attached hydrogens (primary N) is 1. The third-order valence-corrected chi connectivity index (χ3v) is 7.13. The van der Waals surface area contributed by atoms with Crippen molar-refractivity contribution in [2.45, 2.75) is 31.7 Å². The number of rotatable bonds is 6. The van der Waals surface area contributed by atoms with E-state index in [0.717, 1.165) is 16.5 Å². The number of pyridine rings is 2. The van der Waals surface area contributed by atoms with E-state index in [9.17, 15) is 17.6 Å². The van der Waals surface area contributed by atoms with Crippen LogP contribution >= 0.6 is 0 Å². The molecule has 1 amide bonds. The fourth-order valence-corrected chi connectivity index (χ4v) is 5.13. The summed E-state index contributed by atoms with van der Waals surface area (Å²) >= 11 is 0. The molecule has 0 spiro atoms. The molecule has 0 saturated heterocycles. The van der Waals surface area contributed by atoms with Gasteiger partial charge in [0.1, 0.15) is 10.7 Å². The van der Waals surface area contributed by atoms with E-state index in [1.54, 1.807) is 24.4 Å². The van der Waals surface area contributed by atoms with Crippen LogP contribution in [-0.2, 0) is 23.0 Å². The molecular formula is C27H24FN5O3S. The number of primary sulfonamides is 1. The second kappa shape index (κ2) is 9.38. The number of nitrogens with one attached hydrogen (secondary N) is 2. The largest absolute Gasteiger partial charge is 0.361 e. The highest BCUT2D eigenvalue weighted by Crippen LogP contribution is 2.25. The number of aryl methyl sites for hydroxylation is 2. The van der Waals surface area contributed by atoms with Crippen LogP contribution in [0.1, 0.15) is 38.3 Å². The van der Waals surface area contributed by atoms with Gasteiger partial charge in [-0.1, -0.05) is 0 Å². The Bertz CT molecular complexity index is 1800. The molecule has 0 aliphatic heterocycles. The van der Waals surface area contributed by atoms with Gasteiger partial charge >= 0.3 is 0 Å². The van der Waals surface area contributed by atoms with Crippen LogP contribution in [0, 0.1) is 19.7 Å². The predicted molar refractivity (Wildman–Crippen MR) is 139 cm³/mol. The summed E-state index contributed by atoms with van der Waals surface area (Å²) in [5.74, 6) is -0.783. The molecule has 0 bridgehead atoms. The third-order valence-electron chi connectivity index (χ3n) is 6.21. The van der Waals surface area contributed by atoms with Gasteiger partial charge in [0.05, 0.1) is 5.52 Å². The van der Waals surface area contributed by atoms with Gasteiger partial charge in [0.2, 0.25) is 10.0 Å². The molecule has 10 heteroatoms. The van der Waals surface area contributed by atoms with Crippen molar-refractivity contribution in [3.8, 4) is 0 Å². The Hall–Kier alpha value is -4.15. The number of H-pyrrole nitrogens is 1. The standard InChI is InChI=1S/C27H24FN5O3S/c1-15-5-19-6-17(8-25(37(29,35)36)26(19)32-12-15)7-21-9-18(3-4-30-21)27(34)33-14-20-10-22-16(2)13-31-24(22)11-23(20)28/h3-6,8-13,31H,7,14H2,1-2H3,(H,33,34)(H2,29,35,36). The Morgan fingerprint density at radius 2 is 1.92 bits per heavy atom. The second-order valence-corrected chi connectivity index (χ2v) is 10.6. The smallest absolute Gasteiger partial charge is 0.251 e. The van der Waals surface area contributed by atoms with Crippen LogP contribution in [0.3, 0.4) is 0 Å². The molecule has 0 aliphatic carbocycles. The number of aromatic nitrogens is 3. The molecule has 0 fully saturated rings. The average molecular weight is 518 g/mol. The topological polar surface area (TPSA) is 131 Å². The zero-order valence-corrected chi connectivity index (χ0v) is 21.0. The van der Waals surface area contributed by atoms with Crippen molar-refractivity contribution < 1.29 is 17.6 Å². The molecule has 188 valence electrons. The zero-order chi connectivity index (χ0) is 26.3. The lowest BCUT2D eigenvalue weighted by molar-refractivity contribution is 0.0950. The highest BCUT2D eigenvalue weighted by Gasteiger charge is 2.17. The van der Waals surface area contributed by atoms with Gasteiger partial charge in [0, 0.05) is 64.7 Å². The van der Waals surface area contributed by atoms with E-state index in [1.165, 1.54) is 18.3 Å². The monoisotopic (exact) mass is 517 g/mol. The van der Waals surface area contributed by atoms with Crippen LogP contribution in [0.5, 0.6) is 0 Å². The lowest BCUT2D eigenvalue weighted by atomic mass is 10.0. The van der Waals surface area contributed by atoms with Crippen LogP contribution in [0.15, 0.2) is 66.0 Å². The Kier molecular flexibility index (Phi) is 6.22. The number of hydrogen-bond donors (Lipinski definition) is 3. The van der Waals surface area contributed by atoms with Crippen molar-refractivity contribution in [3.05, 3.63) is 100 Å². The van der Waals surface area contributed by atoms with E-state index < -0.39 is 15.8 Å². The van der Waals surface area contributed by atoms with Gasteiger partial charge in [-0.15, -0.1) is 0 Å². The number of benzene rings is 2. The first-order valence-electron chi connectivity index (χ1n) is 11.5. The normalized spacial score (nSPS) is 11.8. The number of carbonyl (C=O) groups is 1. The van der Waals surface area contributed by atoms with E-state index in [0.29, 0.717) is 38.8 Å². The third kappa shape index (κ3) is 5.07. The molecule has 3 aromatic heterocycles. The second-order valence-electron chi connectivity index (χ2n) is 9.08. The van der Waals surface area contributed by atoms with Crippen molar-refractivity contribution in [1.82, 2.24) is 20.3 Å². The summed E-state index contributed by atoms with van der Waals surface area (Å²) in [7, 11) is -4.01. The summed E-state index contributed by atoms with van der Waals surface area (Å²) in [5, 5.41) is 9.75. The van der Waals surface area contributed by atoms with E-state index in [1.807, 2.05) is 32.2 Å². The molecule has 2 aromatic carbocycles. The van der Waals surface area contributed by atoms with Crippen LogP contribution in [-0.4, -0.2) is 29.3 Å². The molecule has 0 unspecified atom stereocenters. The first-order chi connectivity index (χ1) is 17.6. The molecule has 37 heavy (non-hydrogen) atoms. The Morgan fingerprint density at radius 1 is 1.11 bits per heavy atom. The fourth-order valence-electron chi connectivity index (χ4n) is 4.37. The Morgan fingerprint density at radius 3 is 2.70 bits per heavy atom.